The normalized spacial score (nSPS) is 11.0. The van der Waals surface area contributed by atoms with Crippen LogP contribution in [0, 0.1) is 0 Å². The molecule has 0 spiro atoms. The third-order valence-electron chi connectivity index (χ3n) is 4.58. The van der Waals surface area contributed by atoms with E-state index in [1.807, 2.05) is 48.6 Å². The number of aromatic amines is 1. The van der Waals surface area contributed by atoms with E-state index in [4.69, 9.17) is 18.9 Å². The lowest BCUT2D eigenvalue weighted by Gasteiger charge is -2.12. The van der Waals surface area contributed by atoms with E-state index in [9.17, 15) is 0 Å². The van der Waals surface area contributed by atoms with Gasteiger partial charge < -0.3 is 18.9 Å². The van der Waals surface area contributed by atoms with Gasteiger partial charge in [0, 0.05) is 19.8 Å². The molecule has 0 aliphatic rings. The molecule has 3 rings (SSSR count). The largest absolute Gasteiger partial charge is 0.497 e. The van der Waals surface area contributed by atoms with E-state index in [0.717, 1.165) is 41.9 Å². The highest BCUT2D eigenvalue weighted by Gasteiger charge is 2.15. The predicted octanol–water partition coefficient (Wildman–Crippen LogP) is 4.46. The Bertz CT molecular complexity index is 938. The number of hydrogen-bond acceptors (Lipinski definition) is 6. The molecule has 1 N–H and O–H groups in total. The fraction of sp³-hybridized carbons (Fsp3) is 0.304. The number of benzene rings is 2. The van der Waals surface area contributed by atoms with Crippen molar-refractivity contribution in [1.29, 1.82) is 0 Å². The van der Waals surface area contributed by atoms with Crippen molar-refractivity contribution < 1.29 is 18.9 Å². The number of nitrogens with zero attached hydrogens (tertiary/aromatic N) is 2. The number of ether oxygens (including phenoxy) is 4. The molecule has 0 saturated heterocycles. The average molecular weight is 409 g/mol. The van der Waals surface area contributed by atoms with Gasteiger partial charge in [0.05, 0.1) is 32.6 Å². The van der Waals surface area contributed by atoms with Gasteiger partial charge in [0.1, 0.15) is 22.9 Å². The molecule has 0 aliphatic heterocycles. The quantitative estimate of drug-likeness (QED) is 0.372. The Morgan fingerprint density at radius 2 is 1.70 bits per heavy atom. The molecule has 3 aromatic rings. The Balaban J connectivity index is 1.77. The number of unbranched alkanes of at least 4 members (excludes halogenated alkanes) is 1. The van der Waals surface area contributed by atoms with Crippen LogP contribution in [0.25, 0.3) is 23.4 Å². The molecule has 0 amide bonds. The van der Waals surface area contributed by atoms with Crippen LogP contribution in [-0.2, 0) is 4.74 Å². The third-order valence-corrected chi connectivity index (χ3v) is 4.58. The Hall–Kier alpha value is -3.32. The second-order valence-electron chi connectivity index (χ2n) is 6.60. The number of H-pyrrole nitrogens is 1. The Morgan fingerprint density at radius 3 is 2.37 bits per heavy atom. The molecule has 0 unspecified atom stereocenters. The standard InChI is InChI=1S/C23H27N3O4/c1-27-12-4-5-13-30-19-10-7-17(8-11-19)6-9-18-14-20(28-2)15-22(29-3)23(18)21-16-24-26-25-21/h6-11,14-16H,4-5,12-13H2,1-3H3,(H,24,25,26)/b9-6+. The summed E-state index contributed by atoms with van der Waals surface area (Å²) in [5, 5.41) is 10.8. The summed E-state index contributed by atoms with van der Waals surface area (Å²) in [6, 6.07) is 11.8. The van der Waals surface area contributed by atoms with Gasteiger partial charge in [0.25, 0.3) is 0 Å². The molecular formula is C23H27N3O4. The highest BCUT2D eigenvalue weighted by molar-refractivity contribution is 5.84. The van der Waals surface area contributed by atoms with E-state index in [1.54, 1.807) is 27.5 Å². The molecule has 1 heterocycles. The van der Waals surface area contributed by atoms with E-state index in [1.165, 1.54) is 0 Å². The van der Waals surface area contributed by atoms with E-state index in [-0.39, 0.29) is 0 Å². The van der Waals surface area contributed by atoms with Gasteiger partial charge in [-0.15, -0.1) is 0 Å². The van der Waals surface area contributed by atoms with Crippen molar-refractivity contribution in [3.05, 3.63) is 53.7 Å². The second kappa shape index (κ2) is 11.0. The van der Waals surface area contributed by atoms with Crippen LogP contribution in [0.4, 0.5) is 0 Å². The Labute approximate surface area is 176 Å². The third kappa shape index (κ3) is 5.61. The van der Waals surface area contributed by atoms with Gasteiger partial charge in [0.2, 0.25) is 0 Å². The zero-order chi connectivity index (χ0) is 21.2. The lowest BCUT2D eigenvalue weighted by molar-refractivity contribution is 0.184. The summed E-state index contributed by atoms with van der Waals surface area (Å²) in [7, 11) is 4.97. The molecule has 0 bridgehead atoms. The van der Waals surface area contributed by atoms with Crippen LogP contribution in [0.2, 0.25) is 0 Å². The first kappa shape index (κ1) is 21.4. The molecule has 158 valence electrons. The van der Waals surface area contributed by atoms with E-state index in [0.29, 0.717) is 23.8 Å². The van der Waals surface area contributed by atoms with Gasteiger partial charge in [-0.3, -0.25) is 0 Å². The van der Waals surface area contributed by atoms with Crippen LogP contribution in [0.1, 0.15) is 24.0 Å². The predicted molar refractivity (Wildman–Crippen MR) is 117 cm³/mol. The van der Waals surface area contributed by atoms with E-state index < -0.39 is 0 Å². The molecule has 0 saturated carbocycles. The van der Waals surface area contributed by atoms with Gasteiger partial charge in [-0.25, -0.2) is 0 Å². The van der Waals surface area contributed by atoms with Crippen molar-refractivity contribution in [1.82, 2.24) is 15.4 Å². The maximum Gasteiger partial charge on any atom is 0.132 e. The second-order valence-corrected chi connectivity index (χ2v) is 6.60. The summed E-state index contributed by atoms with van der Waals surface area (Å²) in [6.45, 7) is 1.45. The Morgan fingerprint density at radius 1 is 0.900 bits per heavy atom. The van der Waals surface area contributed by atoms with E-state index >= 15 is 0 Å². The van der Waals surface area contributed by atoms with E-state index in [2.05, 4.69) is 15.4 Å². The average Bonchev–Trinajstić information content (AvgIpc) is 3.32. The number of methoxy groups -OCH3 is 3. The van der Waals surface area contributed by atoms with Crippen LogP contribution in [0.15, 0.2) is 42.6 Å². The van der Waals surface area contributed by atoms with Crippen LogP contribution >= 0.6 is 0 Å². The van der Waals surface area contributed by atoms with Gasteiger partial charge >= 0.3 is 0 Å². The molecule has 0 radical (unpaired) electrons. The molecule has 0 atom stereocenters. The molecule has 7 nitrogen and oxygen atoms in total. The minimum atomic E-state index is 0.667. The number of aromatic nitrogens is 3. The highest BCUT2D eigenvalue weighted by Crippen LogP contribution is 2.36. The van der Waals surface area contributed by atoms with Crippen molar-refractivity contribution in [2.45, 2.75) is 12.8 Å². The molecular weight excluding hydrogens is 382 g/mol. The lowest BCUT2D eigenvalue weighted by atomic mass is 10.0. The molecule has 2 aromatic carbocycles. The summed E-state index contributed by atoms with van der Waals surface area (Å²) >= 11 is 0. The van der Waals surface area contributed by atoms with Gasteiger partial charge in [-0.1, -0.05) is 24.3 Å². The first-order chi connectivity index (χ1) is 14.7. The smallest absolute Gasteiger partial charge is 0.132 e. The lowest BCUT2D eigenvalue weighted by Crippen LogP contribution is -1.99. The number of rotatable bonds is 11. The molecule has 1 aromatic heterocycles. The van der Waals surface area contributed by atoms with Gasteiger partial charge in [-0.2, -0.15) is 15.4 Å². The summed E-state index contributed by atoms with van der Waals surface area (Å²) in [5.41, 5.74) is 3.51. The topological polar surface area (TPSA) is 78.5 Å². The first-order valence-corrected chi connectivity index (χ1v) is 9.77. The maximum atomic E-state index is 5.77. The van der Waals surface area contributed by atoms with Crippen LogP contribution in [-0.4, -0.2) is 50.0 Å². The van der Waals surface area contributed by atoms with Crippen molar-refractivity contribution >= 4 is 12.2 Å². The Kier molecular flexibility index (Phi) is 7.86. The molecule has 0 aliphatic carbocycles. The minimum absolute atomic E-state index is 0.667. The zero-order valence-electron chi connectivity index (χ0n) is 17.6. The number of hydrogen-bond donors (Lipinski definition) is 1. The molecule has 0 fully saturated rings. The summed E-state index contributed by atoms with van der Waals surface area (Å²) in [5.74, 6) is 2.23. The fourth-order valence-electron chi connectivity index (χ4n) is 3.02. The number of nitrogens with one attached hydrogen (secondary N) is 1. The SMILES string of the molecule is COCCCCOc1ccc(/C=C/c2cc(OC)cc(OC)c2-c2cn[nH]n2)cc1. The molecule has 7 heteroatoms. The van der Waals surface area contributed by atoms with Crippen molar-refractivity contribution in [2.75, 3.05) is 34.5 Å². The monoisotopic (exact) mass is 409 g/mol. The summed E-state index contributed by atoms with van der Waals surface area (Å²) < 4.78 is 21.8. The first-order valence-electron chi connectivity index (χ1n) is 9.77. The van der Waals surface area contributed by atoms with Crippen LogP contribution < -0.4 is 14.2 Å². The van der Waals surface area contributed by atoms with Crippen molar-refractivity contribution in [3.8, 4) is 28.5 Å². The minimum Gasteiger partial charge on any atom is -0.497 e. The van der Waals surface area contributed by atoms with Gasteiger partial charge in [0.15, 0.2) is 0 Å². The van der Waals surface area contributed by atoms with Crippen LogP contribution in [0.5, 0.6) is 17.2 Å². The van der Waals surface area contributed by atoms with Crippen LogP contribution in [0.3, 0.4) is 0 Å². The van der Waals surface area contributed by atoms with Gasteiger partial charge in [-0.05, 0) is 42.2 Å². The molecule has 30 heavy (non-hydrogen) atoms. The van der Waals surface area contributed by atoms with Crippen molar-refractivity contribution in [2.24, 2.45) is 0 Å². The summed E-state index contributed by atoms with van der Waals surface area (Å²) in [6.07, 6.45) is 7.67. The highest BCUT2D eigenvalue weighted by atomic mass is 16.5. The maximum absolute atomic E-state index is 5.77. The van der Waals surface area contributed by atoms with Crippen molar-refractivity contribution in [3.63, 3.8) is 0 Å². The summed E-state index contributed by atoms with van der Waals surface area (Å²) in [4.78, 5) is 0. The zero-order valence-corrected chi connectivity index (χ0v) is 17.6. The fourth-order valence-corrected chi connectivity index (χ4v) is 3.02.